The number of H-pyrrole nitrogens is 1. The summed E-state index contributed by atoms with van der Waals surface area (Å²) in [5.74, 6) is 3.26. The van der Waals surface area contributed by atoms with Gasteiger partial charge in [0.1, 0.15) is 17.3 Å². The van der Waals surface area contributed by atoms with E-state index in [-0.39, 0.29) is 5.91 Å². The molecule has 4 rings (SSSR count). The van der Waals surface area contributed by atoms with Crippen LogP contribution in [0.1, 0.15) is 30.1 Å². The Balaban J connectivity index is 1.39. The Morgan fingerprint density at radius 1 is 1.14 bits per heavy atom. The maximum atomic E-state index is 12.3. The topological polar surface area (TPSA) is 89.1 Å². The minimum absolute atomic E-state index is 0.232. The zero-order valence-corrected chi connectivity index (χ0v) is 16.3. The number of ether oxygens (including phenoxy) is 2. The molecule has 0 saturated heterocycles. The molecule has 1 aliphatic rings. The molecule has 1 aromatic heterocycles. The van der Waals surface area contributed by atoms with Crippen LogP contribution in [0.25, 0.3) is 17.5 Å². The van der Waals surface area contributed by atoms with Crippen molar-refractivity contribution in [2.75, 3.05) is 19.5 Å². The lowest BCUT2D eigenvalue weighted by molar-refractivity contribution is -0.111. The zero-order chi connectivity index (χ0) is 20.2. The molecule has 148 valence electrons. The van der Waals surface area contributed by atoms with E-state index in [4.69, 9.17) is 9.47 Å². The van der Waals surface area contributed by atoms with Crippen LogP contribution in [0.15, 0.2) is 48.5 Å². The summed E-state index contributed by atoms with van der Waals surface area (Å²) < 4.78 is 10.5. The van der Waals surface area contributed by atoms with Crippen molar-refractivity contribution in [2.45, 2.75) is 18.8 Å². The minimum Gasteiger partial charge on any atom is -0.497 e. The number of aromatic amines is 1. The highest BCUT2D eigenvalue weighted by atomic mass is 16.5. The summed E-state index contributed by atoms with van der Waals surface area (Å²) in [6.07, 6.45) is 5.52. The molecule has 0 unspecified atom stereocenters. The highest BCUT2D eigenvalue weighted by Gasteiger charge is 2.27. The number of hydrogen-bond acceptors (Lipinski definition) is 5. The fourth-order valence-electron chi connectivity index (χ4n) is 2.95. The van der Waals surface area contributed by atoms with Crippen LogP contribution in [0.4, 0.5) is 5.69 Å². The average molecular weight is 390 g/mol. The maximum Gasteiger partial charge on any atom is 0.248 e. The van der Waals surface area contributed by atoms with E-state index < -0.39 is 0 Å². The molecule has 0 spiro atoms. The predicted octanol–water partition coefficient (Wildman–Crippen LogP) is 4.02. The summed E-state index contributed by atoms with van der Waals surface area (Å²) >= 11 is 0. The summed E-state index contributed by atoms with van der Waals surface area (Å²) in [5, 5.41) is 10.1. The van der Waals surface area contributed by atoms with Crippen LogP contribution in [-0.4, -0.2) is 35.3 Å². The monoisotopic (exact) mass is 390 g/mol. The Morgan fingerprint density at radius 2 is 1.93 bits per heavy atom. The number of nitrogens with zero attached hydrogens (tertiary/aromatic N) is 2. The van der Waals surface area contributed by atoms with Gasteiger partial charge in [-0.05, 0) is 55.3 Å². The van der Waals surface area contributed by atoms with Crippen molar-refractivity contribution < 1.29 is 14.3 Å². The molecule has 1 amide bonds. The van der Waals surface area contributed by atoms with Gasteiger partial charge in [-0.25, -0.2) is 4.98 Å². The lowest BCUT2D eigenvalue weighted by Gasteiger charge is -2.07. The van der Waals surface area contributed by atoms with Gasteiger partial charge in [0.2, 0.25) is 5.91 Å². The molecule has 1 aliphatic carbocycles. The summed E-state index contributed by atoms with van der Waals surface area (Å²) in [4.78, 5) is 16.8. The largest absolute Gasteiger partial charge is 0.497 e. The molecule has 7 nitrogen and oxygen atoms in total. The molecule has 0 radical (unpaired) electrons. The summed E-state index contributed by atoms with van der Waals surface area (Å²) in [7, 11) is 3.17. The van der Waals surface area contributed by atoms with Gasteiger partial charge in [0, 0.05) is 34.9 Å². The second kappa shape index (κ2) is 8.18. The number of carbonyl (C=O) groups excluding carboxylic acids is 1. The first-order chi connectivity index (χ1) is 14.2. The number of amides is 1. The van der Waals surface area contributed by atoms with Crippen molar-refractivity contribution in [1.29, 1.82) is 0 Å². The molecule has 2 N–H and O–H groups in total. The van der Waals surface area contributed by atoms with Gasteiger partial charge in [-0.2, -0.15) is 5.10 Å². The van der Waals surface area contributed by atoms with Crippen LogP contribution in [0, 0.1) is 0 Å². The van der Waals surface area contributed by atoms with Crippen molar-refractivity contribution >= 4 is 17.7 Å². The van der Waals surface area contributed by atoms with Crippen molar-refractivity contribution in [3.05, 3.63) is 59.9 Å². The number of aromatic nitrogens is 3. The Hall–Kier alpha value is -3.61. The summed E-state index contributed by atoms with van der Waals surface area (Å²) in [6, 6.07) is 12.9. The molecule has 1 heterocycles. The Morgan fingerprint density at radius 3 is 2.62 bits per heavy atom. The zero-order valence-electron chi connectivity index (χ0n) is 16.3. The van der Waals surface area contributed by atoms with E-state index in [1.807, 2.05) is 36.4 Å². The first-order valence-corrected chi connectivity index (χ1v) is 9.40. The van der Waals surface area contributed by atoms with Crippen molar-refractivity contribution in [1.82, 2.24) is 15.2 Å². The Labute approximate surface area is 168 Å². The fraction of sp³-hybridized carbons (Fsp3) is 0.227. The molecular weight excluding hydrogens is 368 g/mol. The van der Waals surface area contributed by atoms with Crippen molar-refractivity contribution in [2.24, 2.45) is 0 Å². The molecular formula is C22H22N4O3. The highest BCUT2D eigenvalue weighted by molar-refractivity contribution is 6.02. The SMILES string of the molecule is COc1ccc(/C=C/C(=O)Nc2ccc(-c3n[nH]c(C4CC4)n3)cc2)c(OC)c1. The molecule has 7 heteroatoms. The van der Waals surface area contributed by atoms with Crippen LogP contribution in [0.2, 0.25) is 0 Å². The first-order valence-electron chi connectivity index (χ1n) is 9.40. The van der Waals surface area contributed by atoms with Gasteiger partial charge < -0.3 is 14.8 Å². The minimum atomic E-state index is -0.232. The second-order valence-electron chi connectivity index (χ2n) is 6.83. The van der Waals surface area contributed by atoms with E-state index >= 15 is 0 Å². The fourth-order valence-corrected chi connectivity index (χ4v) is 2.95. The van der Waals surface area contributed by atoms with Gasteiger partial charge in [0.05, 0.1) is 14.2 Å². The van der Waals surface area contributed by atoms with Crippen molar-refractivity contribution in [3.8, 4) is 22.9 Å². The number of benzene rings is 2. The van der Waals surface area contributed by atoms with Crippen LogP contribution >= 0.6 is 0 Å². The molecule has 0 atom stereocenters. The lowest BCUT2D eigenvalue weighted by atomic mass is 10.1. The molecule has 1 fully saturated rings. The third-order valence-corrected chi connectivity index (χ3v) is 4.73. The van der Waals surface area contributed by atoms with Crippen molar-refractivity contribution in [3.63, 3.8) is 0 Å². The normalized spacial score (nSPS) is 13.4. The van der Waals surface area contributed by atoms with E-state index in [0.717, 1.165) is 17.0 Å². The summed E-state index contributed by atoms with van der Waals surface area (Å²) in [6.45, 7) is 0. The van der Waals surface area contributed by atoms with Gasteiger partial charge >= 0.3 is 0 Å². The van der Waals surface area contributed by atoms with Gasteiger partial charge in [-0.15, -0.1) is 0 Å². The molecule has 0 aliphatic heterocycles. The van der Waals surface area contributed by atoms with Crippen LogP contribution in [-0.2, 0) is 4.79 Å². The van der Waals surface area contributed by atoms with Crippen LogP contribution < -0.4 is 14.8 Å². The molecule has 1 saturated carbocycles. The van der Waals surface area contributed by atoms with E-state index in [1.54, 1.807) is 26.4 Å². The van der Waals surface area contributed by atoms with Gasteiger partial charge in [0.15, 0.2) is 5.82 Å². The average Bonchev–Trinajstić information content (AvgIpc) is 3.49. The van der Waals surface area contributed by atoms with E-state index in [9.17, 15) is 4.79 Å². The number of anilines is 1. The number of hydrogen-bond donors (Lipinski definition) is 2. The number of rotatable bonds is 7. The highest BCUT2D eigenvalue weighted by Crippen LogP contribution is 2.38. The quantitative estimate of drug-likeness (QED) is 0.595. The molecule has 0 bridgehead atoms. The third-order valence-electron chi connectivity index (χ3n) is 4.73. The molecule has 29 heavy (non-hydrogen) atoms. The van der Waals surface area contributed by atoms with Crippen LogP contribution in [0.5, 0.6) is 11.5 Å². The smallest absolute Gasteiger partial charge is 0.248 e. The number of methoxy groups -OCH3 is 2. The Bertz CT molecular complexity index is 1040. The number of nitrogens with one attached hydrogen (secondary N) is 2. The van der Waals surface area contributed by atoms with E-state index in [0.29, 0.717) is 28.9 Å². The standard InChI is InChI=1S/C22H22N4O3/c1-28-18-11-7-14(19(13-18)29-2)8-12-20(27)23-17-9-5-16(6-10-17)22-24-21(25-26-22)15-3-4-15/h5-13,15H,3-4H2,1-2H3,(H,23,27)(H,24,25,26)/b12-8+. The molecule has 3 aromatic rings. The second-order valence-corrected chi connectivity index (χ2v) is 6.83. The lowest BCUT2D eigenvalue weighted by Crippen LogP contribution is -2.07. The first kappa shape index (κ1) is 18.7. The van der Waals surface area contributed by atoms with Gasteiger partial charge in [-0.1, -0.05) is 0 Å². The maximum absolute atomic E-state index is 12.3. The van der Waals surface area contributed by atoms with E-state index in [1.165, 1.54) is 18.9 Å². The number of carbonyl (C=O) groups is 1. The predicted molar refractivity (Wildman–Crippen MR) is 111 cm³/mol. The van der Waals surface area contributed by atoms with Gasteiger partial charge in [0.25, 0.3) is 0 Å². The van der Waals surface area contributed by atoms with E-state index in [2.05, 4.69) is 20.5 Å². The van der Waals surface area contributed by atoms with Crippen LogP contribution in [0.3, 0.4) is 0 Å². The Kier molecular flexibility index (Phi) is 5.29. The molecule has 2 aromatic carbocycles. The van der Waals surface area contributed by atoms with Gasteiger partial charge in [-0.3, -0.25) is 9.89 Å². The third kappa shape index (κ3) is 4.45. The summed E-state index contributed by atoms with van der Waals surface area (Å²) in [5.41, 5.74) is 2.39.